The Balaban J connectivity index is 1.66. The molecule has 1 N–H and O–H groups in total. The Morgan fingerprint density at radius 2 is 2.05 bits per heavy atom. The second-order valence-electron chi connectivity index (χ2n) is 6.99. The summed E-state index contributed by atoms with van der Waals surface area (Å²) < 4.78 is 6.10. The molecular formula is C19H29NO. The lowest BCUT2D eigenvalue weighted by molar-refractivity contribution is -0.147. The first kappa shape index (κ1) is 15.1. The lowest BCUT2D eigenvalue weighted by atomic mass is 9.70. The van der Waals surface area contributed by atoms with E-state index in [0.717, 1.165) is 25.5 Å². The third-order valence-electron chi connectivity index (χ3n) is 5.41. The van der Waals surface area contributed by atoms with Crippen molar-refractivity contribution in [2.24, 2.45) is 5.92 Å². The summed E-state index contributed by atoms with van der Waals surface area (Å²) in [6.07, 6.45) is 7.55. The van der Waals surface area contributed by atoms with Gasteiger partial charge in [0.05, 0.1) is 5.60 Å². The van der Waals surface area contributed by atoms with Crippen LogP contribution in [0.25, 0.3) is 0 Å². The molecule has 1 spiro atoms. The van der Waals surface area contributed by atoms with E-state index in [4.69, 9.17) is 4.74 Å². The fourth-order valence-electron chi connectivity index (χ4n) is 3.97. The van der Waals surface area contributed by atoms with Gasteiger partial charge in [-0.15, -0.1) is 0 Å². The number of nitrogens with one attached hydrogen (secondary N) is 1. The molecule has 1 saturated carbocycles. The number of hydrogen-bond donors (Lipinski definition) is 1. The van der Waals surface area contributed by atoms with E-state index in [0.29, 0.717) is 6.04 Å². The first-order valence-corrected chi connectivity index (χ1v) is 8.64. The van der Waals surface area contributed by atoms with Crippen LogP contribution >= 0.6 is 0 Å². The van der Waals surface area contributed by atoms with Gasteiger partial charge >= 0.3 is 0 Å². The van der Waals surface area contributed by atoms with Crippen molar-refractivity contribution >= 4 is 0 Å². The zero-order valence-electron chi connectivity index (χ0n) is 13.5. The molecule has 1 aliphatic carbocycles. The molecule has 0 radical (unpaired) electrons. The lowest BCUT2D eigenvalue weighted by Crippen LogP contribution is -2.50. The average Bonchev–Trinajstić information content (AvgIpc) is 2.47. The van der Waals surface area contributed by atoms with E-state index in [2.05, 4.69) is 43.4 Å². The molecule has 21 heavy (non-hydrogen) atoms. The molecule has 1 aromatic rings. The Bertz CT molecular complexity index is 449. The second kappa shape index (κ2) is 6.50. The maximum atomic E-state index is 6.10. The molecule has 2 aliphatic rings. The standard InChI is InChI=1S/C19H29NO/c1-3-20-18(13-16-7-5-15(2)6-8-16)17-9-12-21-19(14-17)10-4-11-19/h5-8,17-18,20H,3-4,9-14H2,1-2H3. The SMILES string of the molecule is CCNC(Cc1ccc(C)cc1)C1CCOC2(CCC2)C1. The number of ether oxygens (including phenoxy) is 1. The van der Waals surface area contributed by atoms with Crippen LogP contribution in [0.15, 0.2) is 24.3 Å². The number of likely N-dealkylation sites (N-methyl/N-ethyl adjacent to an activating group) is 1. The minimum absolute atomic E-state index is 0.254. The van der Waals surface area contributed by atoms with Crippen molar-refractivity contribution in [1.29, 1.82) is 0 Å². The third kappa shape index (κ3) is 3.49. The molecule has 1 heterocycles. The van der Waals surface area contributed by atoms with Gasteiger partial charge < -0.3 is 10.1 Å². The zero-order chi connectivity index (χ0) is 14.7. The van der Waals surface area contributed by atoms with Crippen LogP contribution in [0.3, 0.4) is 0 Å². The summed E-state index contributed by atoms with van der Waals surface area (Å²) >= 11 is 0. The highest BCUT2D eigenvalue weighted by atomic mass is 16.5. The molecule has 2 fully saturated rings. The molecule has 0 aromatic heterocycles. The third-order valence-corrected chi connectivity index (χ3v) is 5.41. The van der Waals surface area contributed by atoms with Crippen LogP contribution in [-0.2, 0) is 11.2 Å². The topological polar surface area (TPSA) is 21.3 Å². The van der Waals surface area contributed by atoms with Crippen molar-refractivity contribution in [1.82, 2.24) is 5.32 Å². The van der Waals surface area contributed by atoms with E-state index in [1.54, 1.807) is 0 Å². The van der Waals surface area contributed by atoms with Crippen LogP contribution in [0.5, 0.6) is 0 Å². The largest absolute Gasteiger partial charge is 0.375 e. The second-order valence-corrected chi connectivity index (χ2v) is 6.99. The predicted octanol–water partition coefficient (Wildman–Crippen LogP) is 3.86. The molecule has 2 unspecified atom stereocenters. The minimum Gasteiger partial charge on any atom is -0.375 e. The van der Waals surface area contributed by atoms with Gasteiger partial charge in [-0.2, -0.15) is 0 Å². The highest BCUT2D eigenvalue weighted by molar-refractivity contribution is 5.22. The smallest absolute Gasteiger partial charge is 0.0685 e. The molecule has 1 aromatic carbocycles. The van der Waals surface area contributed by atoms with Gasteiger partial charge in [-0.3, -0.25) is 0 Å². The molecule has 3 rings (SSSR count). The molecule has 0 bridgehead atoms. The number of rotatable bonds is 5. The maximum absolute atomic E-state index is 6.10. The molecule has 1 saturated heterocycles. The van der Waals surface area contributed by atoms with Gasteiger partial charge in [0.15, 0.2) is 0 Å². The van der Waals surface area contributed by atoms with Crippen molar-refractivity contribution in [2.75, 3.05) is 13.2 Å². The van der Waals surface area contributed by atoms with Gasteiger partial charge in [0.1, 0.15) is 0 Å². The summed E-state index contributed by atoms with van der Waals surface area (Å²) in [5.74, 6) is 0.764. The fraction of sp³-hybridized carbons (Fsp3) is 0.684. The van der Waals surface area contributed by atoms with Crippen molar-refractivity contribution < 1.29 is 4.74 Å². The molecule has 2 heteroatoms. The van der Waals surface area contributed by atoms with Crippen molar-refractivity contribution in [2.45, 2.75) is 64.0 Å². The summed E-state index contributed by atoms with van der Waals surface area (Å²) in [5.41, 5.74) is 3.06. The molecule has 1 aliphatic heterocycles. The van der Waals surface area contributed by atoms with Gasteiger partial charge in [-0.1, -0.05) is 36.8 Å². The van der Waals surface area contributed by atoms with Crippen molar-refractivity contribution in [3.05, 3.63) is 35.4 Å². The highest BCUT2D eigenvalue weighted by Gasteiger charge is 2.44. The van der Waals surface area contributed by atoms with Crippen LogP contribution in [0.4, 0.5) is 0 Å². The quantitative estimate of drug-likeness (QED) is 0.888. The maximum Gasteiger partial charge on any atom is 0.0685 e. The van der Waals surface area contributed by atoms with Crippen LogP contribution in [0.2, 0.25) is 0 Å². The molecule has 0 amide bonds. The van der Waals surface area contributed by atoms with Gasteiger partial charge in [0.25, 0.3) is 0 Å². The first-order chi connectivity index (χ1) is 10.2. The first-order valence-electron chi connectivity index (χ1n) is 8.64. The van der Waals surface area contributed by atoms with E-state index in [1.165, 1.54) is 43.2 Å². The molecule has 2 nitrogen and oxygen atoms in total. The van der Waals surface area contributed by atoms with Gasteiger partial charge in [-0.05, 0) is 63.5 Å². The molecule has 2 atom stereocenters. The van der Waals surface area contributed by atoms with Gasteiger partial charge in [0, 0.05) is 12.6 Å². The Morgan fingerprint density at radius 3 is 2.67 bits per heavy atom. The Kier molecular flexibility index (Phi) is 4.66. The lowest BCUT2D eigenvalue weighted by Gasteiger charge is -2.49. The van der Waals surface area contributed by atoms with E-state index in [1.807, 2.05) is 0 Å². The van der Waals surface area contributed by atoms with Crippen molar-refractivity contribution in [3.63, 3.8) is 0 Å². The summed E-state index contributed by atoms with van der Waals surface area (Å²) in [6.45, 7) is 6.40. The Hall–Kier alpha value is -0.860. The minimum atomic E-state index is 0.254. The van der Waals surface area contributed by atoms with Crippen LogP contribution < -0.4 is 5.32 Å². The van der Waals surface area contributed by atoms with Gasteiger partial charge in [-0.25, -0.2) is 0 Å². The summed E-state index contributed by atoms with van der Waals surface area (Å²) in [4.78, 5) is 0. The zero-order valence-corrected chi connectivity index (χ0v) is 13.5. The molecule has 116 valence electrons. The van der Waals surface area contributed by atoms with Crippen LogP contribution in [0, 0.1) is 12.8 Å². The predicted molar refractivity (Wildman–Crippen MR) is 87.6 cm³/mol. The monoisotopic (exact) mass is 287 g/mol. The Labute approximate surface area is 129 Å². The van der Waals surface area contributed by atoms with E-state index in [-0.39, 0.29) is 5.60 Å². The summed E-state index contributed by atoms with van der Waals surface area (Å²) in [7, 11) is 0. The Morgan fingerprint density at radius 1 is 1.29 bits per heavy atom. The highest BCUT2D eigenvalue weighted by Crippen LogP contribution is 2.45. The number of hydrogen-bond acceptors (Lipinski definition) is 2. The van der Waals surface area contributed by atoms with E-state index in [9.17, 15) is 0 Å². The summed E-state index contributed by atoms with van der Waals surface area (Å²) in [6, 6.07) is 9.64. The number of aryl methyl sites for hydroxylation is 1. The normalized spacial score (nSPS) is 25.5. The molecular weight excluding hydrogens is 258 g/mol. The van der Waals surface area contributed by atoms with Crippen LogP contribution in [0.1, 0.15) is 50.2 Å². The fourth-order valence-corrected chi connectivity index (χ4v) is 3.97. The number of benzene rings is 1. The van der Waals surface area contributed by atoms with Crippen molar-refractivity contribution in [3.8, 4) is 0 Å². The van der Waals surface area contributed by atoms with E-state index >= 15 is 0 Å². The summed E-state index contributed by atoms with van der Waals surface area (Å²) in [5, 5.41) is 3.75. The van der Waals surface area contributed by atoms with Gasteiger partial charge in [0.2, 0.25) is 0 Å². The van der Waals surface area contributed by atoms with E-state index < -0.39 is 0 Å². The average molecular weight is 287 g/mol. The van der Waals surface area contributed by atoms with Crippen LogP contribution in [-0.4, -0.2) is 24.8 Å².